The average Bonchev–Trinajstić information content (AvgIpc) is 3.40. The largest absolute Gasteiger partial charge is 0.366 e. The molecule has 2 aromatic carbocycles. The summed E-state index contributed by atoms with van der Waals surface area (Å²) in [6, 6.07) is 13.5. The smallest absolute Gasteiger partial charge is 0.350 e. The molecule has 1 fully saturated rings. The van der Waals surface area contributed by atoms with Crippen molar-refractivity contribution in [3.63, 3.8) is 0 Å². The van der Waals surface area contributed by atoms with Crippen LogP contribution in [0.3, 0.4) is 0 Å². The summed E-state index contributed by atoms with van der Waals surface area (Å²) in [7, 11) is 1.63. The van der Waals surface area contributed by atoms with Gasteiger partial charge in [0, 0.05) is 42.2 Å². The summed E-state index contributed by atoms with van der Waals surface area (Å²) in [5, 5.41) is 4.56. The number of carbonyl (C=O) groups excluding carboxylic acids is 2. The number of hydrogen-bond acceptors (Lipinski definition) is 5. The Morgan fingerprint density at radius 1 is 1.11 bits per heavy atom. The van der Waals surface area contributed by atoms with E-state index >= 15 is 0 Å². The third-order valence-electron chi connectivity index (χ3n) is 6.69. The fourth-order valence-electron chi connectivity index (χ4n) is 4.82. The van der Waals surface area contributed by atoms with Crippen LogP contribution >= 0.6 is 11.6 Å². The highest BCUT2D eigenvalue weighted by atomic mass is 35.5. The number of amides is 3. The first kappa shape index (κ1) is 25.2. The standard InChI is InChI=1S/C27H26ClN7O3/c1-4-20-21(22-9-8-19(13-23(22)28)35-26(37)32(3)15-31-35)10-11-30-25(20)33-14-16(2)34(27(33)38)18-7-5-6-17(12-18)24(29)36/h5-13,15-16H,4,14H2,1-3H3,(H2,29,36)/t16-/m0/s1. The molecule has 0 bridgehead atoms. The molecule has 3 amide bonds. The molecule has 10 nitrogen and oxygen atoms in total. The summed E-state index contributed by atoms with van der Waals surface area (Å²) < 4.78 is 2.66. The van der Waals surface area contributed by atoms with Crippen LogP contribution in [0, 0.1) is 0 Å². The normalized spacial score (nSPS) is 15.4. The van der Waals surface area contributed by atoms with Crippen LogP contribution in [0.4, 0.5) is 16.3 Å². The highest BCUT2D eigenvalue weighted by Gasteiger charge is 2.38. The van der Waals surface area contributed by atoms with Crippen molar-refractivity contribution < 1.29 is 9.59 Å². The number of benzene rings is 2. The van der Waals surface area contributed by atoms with Gasteiger partial charge < -0.3 is 5.73 Å². The Hall–Kier alpha value is -4.44. The van der Waals surface area contributed by atoms with E-state index in [0.29, 0.717) is 40.7 Å². The van der Waals surface area contributed by atoms with Gasteiger partial charge in [0.1, 0.15) is 12.1 Å². The number of anilines is 2. The zero-order valence-electron chi connectivity index (χ0n) is 21.1. The Morgan fingerprint density at radius 3 is 2.55 bits per heavy atom. The van der Waals surface area contributed by atoms with Crippen molar-refractivity contribution in [2.24, 2.45) is 12.8 Å². The fraction of sp³-hybridized carbons (Fsp3) is 0.222. The van der Waals surface area contributed by atoms with E-state index in [1.807, 2.05) is 26.0 Å². The van der Waals surface area contributed by atoms with Crippen molar-refractivity contribution in [1.29, 1.82) is 0 Å². The van der Waals surface area contributed by atoms with Crippen molar-refractivity contribution in [3.8, 4) is 16.8 Å². The van der Waals surface area contributed by atoms with E-state index in [1.165, 1.54) is 15.6 Å². The quantitative estimate of drug-likeness (QED) is 0.406. The number of halogens is 1. The molecule has 3 heterocycles. The van der Waals surface area contributed by atoms with Crippen LogP contribution in [0.1, 0.15) is 29.8 Å². The van der Waals surface area contributed by atoms with Crippen LogP contribution in [0.15, 0.2) is 65.8 Å². The third-order valence-corrected chi connectivity index (χ3v) is 7.00. The van der Waals surface area contributed by atoms with Gasteiger partial charge >= 0.3 is 11.7 Å². The summed E-state index contributed by atoms with van der Waals surface area (Å²) in [4.78, 5) is 45.5. The molecule has 0 radical (unpaired) electrons. The summed E-state index contributed by atoms with van der Waals surface area (Å²) >= 11 is 6.71. The number of carbonyl (C=O) groups is 2. The molecule has 0 unspecified atom stereocenters. The molecule has 0 aliphatic carbocycles. The van der Waals surface area contributed by atoms with Crippen molar-refractivity contribution in [2.45, 2.75) is 26.3 Å². The summed E-state index contributed by atoms with van der Waals surface area (Å²) in [5.74, 6) is -0.00189. The zero-order valence-corrected chi connectivity index (χ0v) is 21.9. The number of primary amides is 1. The zero-order chi connectivity index (χ0) is 27.1. The van der Waals surface area contributed by atoms with Gasteiger partial charge in [-0.1, -0.05) is 30.7 Å². The molecule has 2 N–H and O–H groups in total. The molecular weight excluding hydrogens is 506 g/mol. The van der Waals surface area contributed by atoms with Gasteiger partial charge in [0.25, 0.3) is 0 Å². The maximum absolute atomic E-state index is 13.6. The van der Waals surface area contributed by atoms with Crippen molar-refractivity contribution in [1.82, 2.24) is 19.3 Å². The maximum Gasteiger partial charge on any atom is 0.350 e. The molecule has 38 heavy (non-hydrogen) atoms. The lowest BCUT2D eigenvalue weighted by Crippen LogP contribution is -2.34. The van der Waals surface area contributed by atoms with Gasteiger partial charge in [0.2, 0.25) is 5.91 Å². The Labute approximate surface area is 223 Å². The number of aromatic nitrogens is 4. The van der Waals surface area contributed by atoms with Gasteiger partial charge in [-0.25, -0.2) is 14.6 Å². The number of aryl methyl sites for hydroxylation is 1. The van der Waals surface area contributed by atoms with Crippen LogP contribution in [0.2, 0.25) is 5.02 Å². The molecule has 2 aromatic heterocycles. The first-order valence-corrected chi connectivity index (χ1v) is 12.5. The minimum atomic E-state index is -0.554. The molecule has 5 rings (SSSR count). The van der Waals surface area contributed by atoms with Crippen LogP contribution in [-0.4, -0.2) is 43.9 Å². The number of nitrogens with two attached hydrogens (primary N) is 1. The molecule has 1 aliphatic rings. The third kappa shape index (κ3) is 4.22. The number of nitrogens with zero attached hydrogens (tertiary/aromatic N) is 6. The van der Waals surface area contributed by atoms with Crippen LogP contribution < -0.4 is 21.2 Å². The molecule has 11 heteroatoms. The van der Waals surface area contributed by atoms with E-state index in [-0.39, 0.29) is 17.8 Å². The second kappa shape index (κ2) is 9.79. The topological polar surface area (TPSA) is 119 Å². The van der Waals surface area contributed by atoms with Crippen LogP contribution in [0.25, 0.3) is 16.8 Å². The second-order valence-corrected chi connectivity index (χ2v) is 9.55. The molecule has 194 valence electrons. The SMILES string of the molecule is CCc1c(-c2ccc(-n3ncn(C)c3=O)cc2Cl)ccnc1N1C[C@H](C)N(c2cccc(C(N)=O)c2)C1=O. The van der Waals surface area contributed by atoms with Crippen molar-refractivity contribution >= 4 is 35.0 Å². The summed E-state index contributed by atoms with van der Waals surface area (Å²) in [6.07, 6.45) is 3.70. The number of urea groups is 1. The first-order valence-electron chi connectivity index (χ1n) is 12.1. The molecule has 1 saturated heterocycles. The van der Waals surface area contributed by atoms with Crippen molar-refractivity contribution in [2.75, 3.05) is 16.3 Å². The van der Waals surface area contributed by atoms with E-state index in [2.05, 4.69) is 10.1 Å². The maximum atomic E-state index is 13.6. The predicted molar refractivity (Wildman–Crippen MR) is 146 cm³/mol. The lowest BCUT2D eigenvalue weighted by atomic mass is 9.98. The molecular formula is C27H26ClN7O3. The van der Waals surface area contributed by atoms with Gasteiger partial charge in [-0.05, 0) is 55.3 Å². The van der Waals surface area contributed by atoms with Gasteiger partial charge in [-0.2, -0.15) is 9.78 Å². The van der Waals surface area contributed by atoms with Gasteiger partial charge in [0.05, 0.1) is 16.8 Å². The van der Waals surface area contributed by atoms with E-state index < -0.39 is 5.91 Å². The number of hydrogen-bond donors (Lipinski definition) is 1. The monoisotopic (exact) mass is 531 g/mol. The second-order valence-electron chi connectivity index (χ2n) is 9.14. The fourth-order valence-corrected chi connectivity index (χ4v) is 5.09. The van der Waals surface area contributed by atoms with Gasteiger partial charge in [-0.3, -0.25) is 19.2 Å². The molecule has 1 aliphatic heterocycles. The highest BCUT2D eigenvalue weighted by molar-refractivity contribution is 6.33. The van der Waals surface area contributed by atoms with Gasteiger partial charge in [-0.15, -0.1) is 0 Å². The molecule has 4 aromatic rings. The van der Waals surface area contributed by atoms with Crippen LogP contribution in [-0.2, 0) is 13.5 Å². The average molecular weight is 532 g/mol. The Bertz CT molecular complexity index is 1630. The highest BCUT2D eigenvalue weighted by Crippen LogP contribution is 2.37. The van der Waals surface area contributed by atoms with Crippen LogP contribution in [0.5, 0.6) is 0 Å². The Balaban J connectivity index is 1.52. The number of pyridine rings is 1. The minimum Gasteiger partial charge on any atom is -0.366 e. The minimum absolute atomic E-state index is 0.166. The van der Waals surface area contributed by atoms with E-state index in [9.17, 15) is 14.4 Å². The Kier molecular flexibility index (Phi) is 6.50. The van der Waals surface area contributed by atoms with Gasteiger partial charge in [0.15, 0.2) is 0 Å². The summed E-state index contributed by atoms with van der Waals surface area (Å²) in [6.45, 7) is 4.36. The molecule has 0 spiro atoms. The van der Waals surface area contributed by atoms with E-state index in [1.54, 1.807) is 59.4 Å². The molecule has 0 saturated carbocycles. The molecule has 1 atom stereocenters. The van der Waals surface area contributed by atoms with E-state index in [4.69, 9.17) is 17.3 Å². The predicted octanol–water partition coefficient (Wildman–Crippen LogP) is 3.78. The lowest BCUT2D eigenvalue weighted by Gasteiger charge is -2.22. The van der Waals surface area contributed by atoms with Crippen molar-refractivity contribution in [3.05, 3.63) is 87.7 Å². The lowest BCUT2D eigenvalue weighted by molar-refractivity contribution is 0.1000. The number of rotatable bonds is 6. The Morgan fingerprint density at radius 2 is 1.89 bits per heavy atom. The first-order chi connectivity index (χ1) is 18.2. The summed E-state index contributed by atoms with van der Waals surface area (Å²) in [5.41, 5.74) is 9.12. The van der Waals surface area contributed by atoms with E-state index in [0.717, 1.165) is 16.7 Å².